The molecule has 166 valence electrons. The number of ether oxygens (including phenoxy) is 1. The van der Waals surface area contributed by atoms with E-state index in [1.54, 1.807) is 15.6 Å². The molecule has 1 unspecified atom stereocenters. The van der Waals surface area contributed by atoms with Crippen LogP contribution in [0.2, 0.25) is 0 Å². The Hall–Kier alpha value is -4.37. The Morgan fingerprint density at radius 3 is 2.73 bits per heavy atom. The van der Waals surface area contributed by atoms with Crippen LogP contribution in [-0.4, -0.2) is 35.8 Å². The maximum Gasteiger partial charge on any atom is 0.179 e. The quantitative estimate of drug-likeness (QED) is 0.442. The molecular weight excluding hydrogens is 416 g/mol. The fraction of sp³-hybridized carbons (Fsp3) is 0.292. The lowest BCUT2D eigenvalue weighted by atomic mass is 10.1. The van der Waals surface area contributed by atoms with Crippen LogP contribution in [0.3, 0.4) is 0 Å². The molecule has 5 rings (SSSR count). The van der Waals surface area contributed by atoms with E-state index in [-0.39, 0.29) is 6.10 Å². The Labute approximate surface area is 192 Å². The Kier molecular flexibility index (Phi) is 6.23. The lowest BCUT2D eigenvalue weighted by molar-refractivity contribution is 0.224. The Balaban J connectivity index is 0.00000126. The van der Waals surface area contributed by atoms with Crippen molar-refractivity contribution >= 4 is 5.52 Å². The molecule has 0 N–H and O–H groups in total. The summed E-state index contributed by atoms with van der Waals surface area (Å²) in [5, 5.41) is 27.8. The van der Waals surface area contributed by atoms with Gasteiger partial charge in [0, 0.05) is 24.5 Å². The largest absolute Gasteiger partial charge is 0.482 e. The van der Waals surface area contributed by atoms with Crippen LogP contribution in [0.25, 0.3) is 16.8 Å². The van der Waals surface area contributed by atoms with Crippen molar-refractivity contribution in [1.29, 1.82) is 10.5 Å². The van der Waals surface area contributed by atoms with Crippen LogP contribution in [0, 0.1) is 22.8 Å². The molecule has 4 aromatic heterocycles. The first kappa shape index (κ1) is 21.8. The molecule has 9 nitrogen and oxygen atoms in total. The molecule has 0 saturated carbocycles. The fourth-order valence-electron chi connectivity index (χ4n) is 3.76. The van der Waals surface area contributed by atoms with Gasteiger partial charge in [0.2, 0.25) is 0 Å². The van der Waals surface area contributed by atoms with Crippen LogP contribution < -0.4 is 4.74 Å². The Bertz CT molecular complexity index is 1340. The van der Waals surface area contributed by atoms with Crippen molar-refractivity contribution in [3.63, 3.8) is 0 Å². The van der Waals surface area contributed by atoms with E-state index in [1.807, 2.05) is 62.0 Å². The van der Waals surface area contributed by atoms with Gasteiger partial charge < -0.3 is 9.64 Å². The van der Waals surface area contributed by atoms with Gasteiger partial charge in [-0.1, -0.05) is 19.9 Å². The van der Waals surface area contributed by atoms with Crippen LogP contribution in [0.15, 0.2) is 48.9 Å². The number of pyridine rings is 2. The Morgan fingerprint density at radius 2 is 2.00 bits per heavy atom. The van der Waals surface area contributed by atoms with E-state index in [4.69, 9.17) is 9.84 Å². The third-order valence-electron chi connectivity index (χ3n) is 5.34. The average Bonchev–Trinajstić information content (AvgIpc) is 3.49. The monoisotopic (exact) mass is 440 g/mol. The van der Waals surface area contributed by atoms with Crippen molar-refractivity contribution in [3.05, 3.63) is 65.9 Å². The normalized spacial score (nSPS) is 13.3. The number of aromatic nitrogens is 5. The summed E-state index contributed by atoms with van der Waals surface area (Å²) in [5.74, 6) is 0.536. The summed E-state index contributed by atoms with van der Waals surface area (Å²) in [6, 6.07) is 11.7. The van der Waals surface area contributed by atoms with E-state index < -0.39 is 0 Å². The van der Waals surface area contributed by atoms with E-state index in [0.29, 0.717) is 36.5 Å². The number of hydrogen-bond acceptors (Lipinski definition) is 7. The highest BCUT2D eigenvalue weighted by Crippen LogP contribution is 2.33. The smallest absolute Gasteiger partial charge is 0.179 e. The highest BCUT2D eigenvalue weighted by molar-refractivity contribution is 5.74. The molecule has 5 heterocycles. The van der Waals surface area contributed by atoms with Gasteiger partial charge in [-0.2, -0.15) is 20.7 Å². The van der Waals surface area contributed by atoms with Crippen LogP contribution in [-0.2, 0) is 13.1 Å². The first-order chi connectivity index (χ1) is 16.2. The summed E-state index contributed by atoms with van der Waals surface area (Å²) in [6.07, 6.45) is 6.97. The summed E-state index contributed by atoms with van der Waals surface area (Å²) < 4.78 is 9.82. The summed E-state index contributed by atoms with van der Waals surface area (Å²) in [6.45, 7) is 7.75. The van der Waals surface area contributed by atoms with Gasteiger partial charge in [-0.15, -0.1) is 0 Å². The van der Waals surface area contributed by atoms with Gasteiger partial charge in [-0.3, -0.25) is 9.67 Å². The molecule has 0 spiro atoms. The fourth-order valence-corrected chi connectivity index (χ4v) is 3.76. The predicted molar refractivity (Wildman–Crippen MR) is 122 cm³/mol. The van der Waals surface area contributed by atoms with Crippen molar-refractivity contribution in [3.8, 4) is 29.3 Å². The van der Waals surface area contributed by atoms with Gasteiger partial charge in [0.05, 0.1) is 36.4 Å². The van der Waals surface area contributed by atoms with Gasteiger partial charge in [0.25, 0.3) is 0 Å². The molecule has 0 fully saturated rings. The van der Waals surface area contributed by atoms with Gasteiger partial charge in [-0.05, 0) is 31.2 Å². The standard InChI is InChI=1S/C22H18N8O.C2H6/c1-15(19-4-2-3-5-25-19)31-21-8-16(12-30-22(21)17(10-23)11-26-30)20-9-18-13-28(14-24)6-7-29(18)27-20;1-2/h2-5,8-9,11-12,15H,6-7,13H2,1H3;1-2H3. The van der Waals surface area contributed by atoms with E-state index in [0.717, 1.165) is 22.6 Å². The van der Waals surface area contributed by atoms with Gasteiger partial charge >= 0.3 is 0 Å². The number of nitrogens with zero attached hydrogens (tertiary/aromatic N) is 8. The SMILES string of the molecule is CC.CC(Oc1cc(-c2cc3n(n2)CCN(C#N)C3)cn2ncc(C#N)c12)c1ccccn1. The second-order valence-corrected chi connectivity index (χ2v) is 7.34. The second kappa shape index (κ2) is 9.41. The van der Waals surface area contributed by atoms with Gasteiger partial charge in [0.1, 0.15) is 29.0 Å². The van der Waals surface area contributed by atoms with Gasteiger partial charge in [-0.25, -0.2) is 4.52 Å². The maximum atomic E-state index is 9.53. The summed E-state index contributed by atoms with van der Waals surface area (Å²) >= 11 is 0. The third kappa shape index (κ3) is 4.21. The first-order valence-electron chi connectivity index (χ1n) is 10.9. The lowest BCUT2D eigenvalue weighted by Gasteiger charge is -2.21. The van der Waals surface area contributed by atoms with E-state index in [9.17, 15) is 10.5 Å². The molecule has 0 amide bonds. The maximum absolute atomic E-state index is 9.53. The van der Waals surface area contributed by atoms with E-state index in [2.05, 4.69) is 22.3 Å². The highest BCUT2D eigenvalue weighted by atomic mass is 16.5. The lowest BCUT2D eigenvalue weighted by Crippen LogP contribution is -2.30. The van der Waals surface area contributed by atoms with Gasteiger partial charge in [0.15, 0.2) is 6.19 Å². The van der Waals surface area contributed by atoms with Crippen molar-refractivity contribution < 1.29 is 4.74 Å². The highest BCUT2D eigenvalue weighted by Gasteiger charge is 2.21. The second-order valence-electron chi connectivity index (χ2n) is 7.34. The zero-order valence-electron chi connectivity index (χ0n) is 18.8. The van der Waals surface area contributed by atoms with Crippen LogP contribution >= 0.6 is 0 Å². The van der Waals surface area contributed by atoms with Crippen molar-refractivity contribution in [2.75, 3.05) is 6.54 Å². The summed E-state index contributed by atoms with van der Waals surface area (Å²) in [4.78, 5) is 6.07. The summed E-state index contributed by atoms with van der Waals surface area (Å²) in [7, 11) is 0. The number of hydrogen-bond donors (Lipinski definition) is 0. The molecule has 1 aliphatic heterocycles. The molecule has 33 heavy (non-hydrogen) atoms. The van der Waals surface area contributed by atoms with Crippen LogP contribution in [0.5, 0.6) is 5.75 Å². The minimum absolute atomic E-state index is 0.318. The van der Waals surface area contributed by atoms with Crippen molar-refractivity contribution in [2.24, 2.45) is 0 Å². The molecule has 0 saturated heterocycles. The minimum Gasteiger partial charge on any atom is -0.482 e. The molecule has 9 heteroatoms. The predicted octanol–water partition coefficient (Wildman–Crippen LogP) is 3.93. The van der Waals surface area contributed by atoms with E-state index >= 15 is 0 Å². The summed E-state index contributed by atoms with van der Waals surface area (Å²) in [5.41, 5.74) is 4.38. The molecule has 0 radical (unpaired) electrons. The molecule has 4 aromatic rings. The topological polar surface area (TPSA) is 108 Å². The molecule has 1 atom stereocenters. The third-order valence-corrected chi connectivity index (χ3v) is 5.34. The molecule has 0 aliphatic carbocycles. The molecular formula is C24H24N8O. The minimum atomic E-state index is -0.318. The average molecular weight is 441 g/mol. The van der Waals surface area contributed by atoms with E-state index in [1.165, 1.54) is 6.20 Å². The van der Waals surface area contributed by atoms with Crippen LogP contribution in [0.4, 0.5) is 0 Å². The zero-order valence-corrected chi connectivity index (χ0v) is 18.8. The number of nitriles is 2. The molecule has 1 aliphatic rings. The molecule has 0 bridgehead atoms. The number of rotatable bonds is 4. The molecule has 0 aromatic carbocycles. The Morgan fingerprint density at radius 1 is 1.15 bits per heavy atom. The van der Waals surface area contributed by atoms with Crippen molar-refractivity contribution in [1.82, 2.24) is 29.3 Å². The van der Waals surface area contributed by atoms with Crippen LogP contribution in [0.1, 0.15) is 43.8 Å². The number of fused-ring (bicyclic) bond motifs is 2. The van der Waals surface area contributed by atoms with Crippen molar-refractivity contribution in [2.45, 2.75) is 40.0 Å². The first-order valence-corrected chi connectivity index (χ1v) is 10.9. The zero-order chi connectivity index (χ0) is 23.4.